The van der Waals surface area contributed by atoms with Crippen LogP contribution < -0.4 is 4.46 Å². The average Bonchev–Trinajstić information content (AvgIpc) is 2.39. The molecule has 0 aliphatic rings. The first-order valence-electron chi connectivity index (χ1n) is 5.78. The van der Waals surface area contributed by atoms with Gasteiger partial charge in [-0.15, -0.1) is 0 Å². The number of phenols is 1. The number of phenolic OH excluding ortho intramolecular Hbond substituents is 1. The quantitative estimate of drug-likeness (QED) is 0.681. The van der Waals surface area contributed by atoms with E-state index >= 15 is 0 Å². The molecule has 0 fully saturated rings. The first-order chi connectivity index (χ1) is 8.75. The van der Waals surface area contributed by atoms with Crippen LogP contribution in [0.4, 0.5) is 0 Å². The Morgan fingerprint density at radius 2 is 1.72 bits per heavy atom. The van der Waals surface area contributed by atoms with Crippen molar-refractivity contribution in [3.8, 4) is 5.75 Å². The predicted molar refractivity (Wildman–Crippen MR) is 77.0 cm³/mol. The molecule has 2 aromatic rings. The molecule has 1 atom stereocenters. The van der Waals surface area contributed by atoms with Crippen LogP contribution >= 0.6 is 0 Å². The fourth-order valence-electron chi connectivity index (χ4n) is 1.51. The van der Waals surface area contributed by atoms with Gasteiger partial charge in [-0.05, 0) is 0 Å². The zero-order chi connectivity index (χ0) is 12.8. The van der Waals surface area contributed by atoms with Crippen LogP contribution in [0.1, 0.15) is 12.5 Å². The number of aliphatic imine (C=N–C) groups is 1. The number of para-hydroxylation sites is 1. The van der Waals surface area contributed by atoms with Crippen LogP contribution in [-0.2, 0) is 0 Å². The topological polar surface area (TPSA) is 32.6 Å². The zero-order valence-electron chi connectivity index (χ0n) is 10.2. The van der Waals surface area contributed by atoms with Gasteiger partial charge in [0, 0.05) is 0 Å². The van der Waals surface area contributed by atoms with E-state index in [4.69, 9.17) is 0 Å². The molecule has 2 aromatic carbocycles. The molecule has 0 aliphatic heterocycles. The van der Waals surface area contributed by atoms with Crippen molar-refractivity contribution in [1.82, 2.24) is 0 Å². The molecule has 2 nitrogen and oxygen atoms in total. The van der Waals surface area contributed by atoms with E-state index < -0.39 is 0 Å². The van der Waals surface area contributed by atoms with Crippen molar-refractivity contribution < 1.29 is 5.11 Å². The first kappa shape index (κ1) is 12.9. The monoisotopic (exact) mass is 305 g/mol. The molecule has 0 spiro atoms. The van der Waals surface area contributed by atoms with E-state index in [-0.39, 0.29) is 10.7 Å². The Balaban J connectivity index is 1.99. The summed E-state index contributed by atoms with van der Waals surface area (Å²) >= 11 is 0.322. The Hall–Kier alpha value is -1.57. The summed E-state index contributed by atoms with van der Waals surface area (Å²) in [5, 5.41) is 9.63. The summed E-state index contributed by atoms with van der Waals surface area (Å²) in [5.74, 6) is 0.278. The minimum atomic E-state index is 0.263. The molecule has 0 radical (unpaired) electrons. The van der Waals surface area contributed by atoms with Gasteiger partial charge >= 0.3 is 114 Å². The third kappa shape index (κ3) is 3.73. The Labute approximate surface area is 114 Å². The summed E-state index contributed by atoms with van der Waals surface area (Å²) in [7, 11) is 0. The molecule has 0 saturated carbocycles. The number of hydrogen-bond acceptors (Lipinski definition) is 2. The van der Waals surface area contributed by atoms with Crippen LogP contribution in [0.3, 0.4) is 0 Å². The molecular formula is C15H15NOSe. The van der Waals surface area contributed by atoms with E-state index in [0.717, 1.165) is 5.56 Å². The molecule has 0 heterocycles. The van der Waals surface area contributed by atoms with Crippen molar-refractivity contribution in [2.45, 2.75) is 11.9 Å². The van der Waals surface area contributed by atoms with Gasteiger partial charge in [0.15, 0.2) is 0 Å². The second-order valence-corrected chi connectivity index (χ2v) is 6.78. The van der Waals surface area contributed by atoms with Gasteiger partial charge in [-0.25, -0.2) is 0 Å². The molecule has 0 amide bonds. The van der Waals surface area contributed by atoms with Crippen LogP contribution in [0.15, 0.2) is 59.6 Å². The number of rotatable bonds is 4. The molecule has 2 rings (SSSR count). The van der Waals surface area contributed by atoms with E-state index in [1.807, 2.05) is 24.3 Å². The van der Waals surface area contributed by atoms with Gasteiger partial charge in [0.1, 0.15) is 0 Å². The van der Waals surface area contributed by atoms with E-state index in [9.17, 15) is 5.11 Å². The maximum atomic E-state index is 9.63. The molecule has 1 unspecified atom stereocenters. The molecule has 0 aliphatic carbocycles. The fraction of sp³-hybridized carbons (Fsp3) is 0.133. The molecule has 92 valence electrons. The van der Waals surface area contributed by atoms with E-state index in [1.54, 1.807) is 12.3 Å². The fourth-order valence-corrected chi connectivity index (χ4v) is 3.25. The Morgan fingerprint density at radius 1 is 1.06 bits per heavy atom. The molecule has 3 heteroatoms. The van der Waals surface area contributed by atoms with Gasteiger partial charge in [0.25, 0.3) is 0 Å². The van der Waals surface area contributed by atoms with Crippen molar-refractivity contribution in [3.05, 3.63) is 60.2 Å². The zero-order valence-corrected chi connectivity index (χ0v) is 11.9. The van der Waals surface area contributed by atoms with Crippen molar-refractivity contribution in [1.29, 1.82) is 0 Å². The molecule has 0 aromatic heterocycles. The molecule has 0 bridgehead atoms. The van der Waals surface area contributed by atoms with Crippen LogP contribution in [0.5, 0.6) is 5.75 Å². The Kier molecular flexibility index (Phi) is 4.57. The SMILES string of the molecule is CC(/N=C/c1ccccc1O)[Se]c1ccccc1. The predicted octanol–water partition coefficient (Wildman–Crippen LogP) is 2.19. The number of benzene rings is 2. The van der Waals surface area contributed by atoms with Crippen LogP contribution in [0.25, 0.3) is 0 Å². The number of hydrogen-bond donors (Lipinski definition) is 1. The van der Waals surface area contributed by atoms with Gasteiger partial charge < -0.3 is 0 Å². The Bertz CT molecular complexity index is 525. The third-order valence-corrected chi connectivity index (χ3v) is 4.52. The standard InChI is InChI=1S/C15H15NOSe/c1-12(18-14-8-3-2-4-9-14)16-11-13-7-5-6-10-15(13)17/h2-12,17H,1H3/b16-11+. The normalized spacial score (nSPS) is 12.7. The van der Waals surface area contributed by atoms with Gasteiger partial charge in [0.2, 0.25) is 0 Å². The summed E-state index contributed by atoms with van der Waals surface area (Å²) in [6.45, 7) is 2.10. The summed E-state index contributed by atoms with van der Waals surface area (Å²) in [6.07, 6.45) is 1.75. The van der Waals surface area contributed by atoms with E-state index in [2.05, 4.69) is 36.2 Å². The van der Waals surface area contributed by atoms with Gasteiger partial charge in [-0.1, -0.05) is 0 Å². The Morgan fingerprint density at radius 3 is 2.44 bits per heavy atom. The molecule has 0 saturated heterocycles. The number of aromatic hydroxyl groups is 1. The van der Waals surface area contributed by atoms with Crippen LogP contribution in [0, 0.1) is 0 Å². The first-order valence-corrected chi connectivity index (χ1v) is 7.63. The summed E-state index contributed by atoms with van der Waals surface area (Å²) in [4.78, 5) is 4.76. The van der Waals surface area contributed by atoms with Crippen LogP contribution in [0.2, 0.25) is 0 Å². The van der Waals surface area contributed by atoms with E-state index in [1.165, 1.54) is 4.46 Å². The summed E-state index contributed by atoms with van der Waals surface area (Å²) in [6, 6.07) is 17.6. The average molecular weight is 304 g/mol. The van der Waals surface area contributed by atoms with Gasteiger partial charge in [0.05, 0.1) is 0 Å². The van der Waals surface area contributed by atoms with Gasteiger partial charge in [-0.2, -0.15) is 0 Å². The van der Waals surface area contributed by atoms with E-state index in [0.29, 0.717) is 15.0 Å². The van der Waals surface area contributed by atoms with Crippen molar-refractivity contribution >= 4 is 25.6 Å². The third-order valence-electron chi connectivity index (χ3n) is 2.41. The summed E-state index contributed by atoms with van der Waals surface area (Å²) in [5.41, 5.74) is 0.771. The number of nitrogens with zero attached hydrogens (tertiary/aromatic N) is 1. The van der Waals surface area contributed by atoms with Gasteiger partial charge in [-0.3, -0.25) is 0 Å². The van der Waals surface area contributed by atoms with Crippen LogP contribution in [-0.4, -0.2) is 31.2 Å². The molecule has 18 heavy (non-hydrogen) atoms. The minimum absolute atomic E-state index is 0.263. The second-order valence-electron chi connectivity index (χ2n) is 3.87. The summed E-state index contributed by atoms with van der Waals surface area (Å²) < 4.78 is 1.34. The van der Waals surface area contributed by atoms with Crippen molar-refractivity contribution in [2.24, 2.45) is 4.99 Å². The molecule has 1 N–H and O–H groups in total. The maximum absolute atomic E-state index is 9.63. The second kappa shape index (κ2) is 6.39. The molecular weight excluding hydrogens is 289 g/mol. The van der Waals surface area contributed by atoms with Crippen molar-refractivity contribution in [3.63, 3.8) is 0 Å². The van der Waals surface area contributed by atoms with Crippen molar-refractivity contribution in [2.75, 3.05) is 0 Å².